The van der Waals surface area contributed by atoms with Crippen LogP contribution in [0.1, 0.15) is 147 Å². The molecule has 3 heteroatoms. The first-order valence-corrected chi connectivity index (χ1v) is 21.6. The Labute approximate surface area is 242 Å². The minimum atomic E-state index is 0.225. The predicted octanol–water partition coefficient (Wildman–Crippen LogP) is 10.3. The highest BCUT2D eigenvalue weighted by molar-refractivity contribution is 7.59. The fraction of sp³-hybridized carbons (Fsp3) is 0.829. The third-order valence-electron chi connectivity index (χ3n) is 11.5. The Balaban J connectivity index is 1.32. The van der Waals surface area contributed by atoms with E-state index in [1.165, 1.54) is 100 Å². The molecule has 0 radical (unpaired) electrons. The van der Waals surface area contributed by atoms with Gasteiger partial charge in [0.25, 0.3) is 0 Å². The van der Waals surface area contributed by atoms with Crippen molar-refractivity contribution in [1.82, 2.24) is 0 Å². The van der Waals surface area contributed by atoms with Crippen LogP contribution in [-0.4, -0.2) is 45.2 Å². The first-order valence-electron chi connectivity index (χ1n) is 17.3. The zero-order valence-corrected chi connectivity index (χ0v) is 28.8. The van der Waals surface area contributed by atoms with E-state index in [-0.39, 0.29) is 15.8 Å². The molecule has 0 aromatic heterocycles. The molecule has 38 heavy (non-hydrogen) atoms. The molecule has 0 aliphatic heterocycles. The number of hydrogen-bond acceptors (Lipinski definition) is 0. The molecule has 0 atom stereocenters. The molecule has 0 unspecified atom stereocenters. The Hall–Kier alpha value is 0.297. The van der Waals surface area contributed by atoms with Gasteiger partial charge in [0, 0.05) is 10.2 Å². The van der Waals surface area contributed by atoms with Gasteiger partial charge in [0.15, 0.2) is 0 Å². The minimum Gasteiger partial charge on any atom is -0.100 e. The van der Waals surface area contributed by atoms with Gasteiger partial charge >= 0.3 is 0 Å². The third-order valence-corrected chi connectivity index (χ3v) is 20.4. The van der Waals surface area contributed by atoms with Gasteiger partial charge in [0.1, 0.15) is 0 Å². The van der Waals surface area contributed by atoms with Crippen molar-refractivity contribution >= 4 is 26.1 Å². The van der Waals surface area contributed by atoms with Gasteiger partial charge < -0.3 is 0 Å². The van der Waals surface area contributed by atoms with Crippen LogP contribution in [0.4, 0.5) is 0 Å². The Morgan fingerprint density at radius 1 is 0.500 bits per heavy atom. The quantitative estimate of drug-likeness (QED) is 0.183. The van der Waals surface area contributed by atoms with Crippen molar-refractivity contribution in [1.29, 1.82) is 0 Å². The SMILES string of the molecule is [SiH3]C(CCP(C1CCCCC1)C1CCCCC1)(CCP(C1CCCCC1)C1CCCCC1)c1ccccc1. The molecule has 5 rings (SSSR count). The molecular weight excluding hydrogens is 510 g/mol. The minimum absolute atomic E-state index is 0.225. The lowest BCUT2D eigenvalue weighted by Crippen LogP contribution is -2.32. The molecule has 1 aromatic rings. The van der Waals surface area contributed by atoms with Gasteiger partial charge in [0.2, 0.25) is 0 Å². The zero-order valence-electron chi connectivity index (χ0n) is 25.1. The van der Waals surface area contributed by atoms with Gasteiger partial charge in [-0.2, -0.15) is 0 Å². The van der Waals surface area contributed by atoms with Crippen LogP contribution in [0.25, 0.3) is 0 Å². The van der Waals surface area contributed by atoms with Crippen LogP contribution in [0.2, 0.25) is 0 Å². The molecule has 1 aromatic carbocycles. The Bertz CT molecular complexity index is 692. The molecule has 4 aliphatic carbocycles. The molecule has 0 spiro atoms. The summed E-state index contributed by atoms with van der Waals surface area (Å²) in [7, 11) is 1.79. The fourth-order valence-electron chi connectivity index (χ4n) is 8.98. The van der Waals surface area contributed by atoms with Crippen molar-refractivity contribution in [2.45, 2.75) is 169 Å². The normalized spacial score (nSPS) is 23.9. The summed E-state index contributed by atoms with van der Waals surface area (Å²) in [6.45, 7) is 0. The molecule has 0 saturated heterocycles. The van der Waals surface area contributed by atoms with Crippen molar-refractivity contribution in [2.75, 3.05) is 12.3 Å². The van der Waals surface area contributed by atoms with Crippen LogP contribution < -0.4 is 0 Å². The van der Waals surface area contributed by atoms with E-state index < -0.39 is 0 Å². The molecule has 0 amide bonds. The van der Waals surface area contributed by atoms with Gasteiger partial charge in [-0.25, -0.2) is 0 Å². The van der Waals surface area contributed by atoms with Crippen LogP contribution >= 0.6 is 15.8 Å². The van der Waals surface area contributed by atoms with E-state index in [9.17, 15) is 0 Å². The summed E-state index contributed by atoms with van der Waals surface area (Å²) in [6.07, 6.45) is 37.3. The largest absolute Gasteiger partial charge is 0.100 e. The summed E-state index contributed by atoms with van der Waals surface area (Å²) in [4.78, 5) is 0. The Morgan fingerprint density at radius 3 is 1.13 bits per heavy atom. The van der Waals surface area contributed by atoms with Crippen LogP contribution in [0.3, 0.4) is 0 Å². The van der Waals surface area contributed by atoms with Crippen molar-refractivity contribution in [3.8, 4) is 0 Å². The monoisotopic (exact) mass is 570 g/mol. The first-order chi connectivity index (χ1) is 18.7. The number of benzene rings is 1. The average molecular weight is 571 g/mol. The maximum absolute atomic E-state index is 2.54. The Kier molecular flexibility index (Phi) is 12.1. The molecule has 4 saturated carbocycles. The highest BCUT2D eigenvalue weighted by atomic mass is 31.1. The lowest BCUT2D eigenvalue weighted by atomic mass is 9.92. The van der Waals surface area contributed by atoms with Crippen LogP contribution in [-0.2, 0) is 5.04 Å². The molecule has 0 heterocycles. The maximum Gasteiger partial charge on any atom is 0.0162 e. The lowest BCUT2D eigenvalue weighted by molar-refractivity contribution is 0.477. The summed E-state index contributed by atoms with van der Waals surface area (Å²) in [6, 6.07) is 12.1. The fourth-order valence-corrected chi connectivity index (χ4v) is 18.9. The van der Waals surface area contributed by atoms with Crippen molar-refractivity contribution in [2.24, 2.45) is 0 Å². The molecule has 4 fully saturated rings. The van der Waals surface area contributed by atoms with Gasteiger partial charge in [-0.1, -0.05) is 107 Å². The molecule has 0 N–H and O–H groups in total. The standard InChI is InChI=1S/C35H60P2Si/c38-35(30-16-6-1-7-17-30,26-28-36(31-18-8-2-9-19-31)32-20-10-3-11-21-32)27-29-37(33-22-12-4-13-23-33)34-24-14-5-15-25-34/h1,6-7,16-17,31-34H,2-5,8-15,18-29H2,38H3. The molecular formula is C35H60P2Si. The lowest BCUT2D eigenvalue weighted by Gasteiger charge is -2.43. The molecule has 4 aliphatic rings. The van der Waals surface area contributed by atoms with Crippen LogP contribution in [0.15, 0.2) is 30.3 Å². The van der Waals surface area contributed by atoms with Crippen LogP contribution in [0.5, 0.6) is 0 Å². The molecule has 214 valence electrons. The van der Waals surface area contributed by atoms with Crippen LogP contribution in [0, 0.1) is 0 Å². The smallest absolute Gasteiger partial charge is 0.0162 e. The van der Waals surface area contributed by atoms with E-state index in [0.29, 0.717) is 5.04 Å². The van der Waals surface area contributed by atoms with Gasteiger partial charge in [-0.05, 0) is 110 Å². The summed E-state index contributed by atoms with van der Waals surface area (Å²) in [5.74, 6) is 0. The van der Waals surface area contributed by atoms with Gasteiger partial charge in [0.05, 0.1) is 0 Å². The summed E-state index contributed by atoms with van der Waals surface area (Å²) in [5.41, 5.74) is 6.20. The summed E-state index contributed by atoms with van der Waals surface area (Å²) < 4.78 is 0. The third kappa shape index (κ3) is 8.19. The summed E-state index contributed by atoms with van der Waals surface area (Å²) in [5, 5.41) is 0.523. The average Bonchev–Trinajstić information content (AvgIpc) is 3.00. The maximum atomic E-state index is 2.54. The van der Waals surface area contributed by atoms with E-state index in [1.54, 1.807) is 69.3 Å². The van der Waals surface area contributed by atoms with Crippen molar-refractivity contribution < 1.29 is 0 Å². The highest BCUT2D eigenvalue weighted by Crippen LogP contribution is 2.59. The highest BCUT2D eigenvalue weighted by Gasteiger charge is 2.37. The Morgan fingerprint density at radius 2 is 0.816 bits per heavy atom. The van der Waals surface area contributed by atoms with Crippen molar-refractivity contribution in [3.63, 3.8) is 0 Å². The molecule has 0 nitrogen and oxygen atoms in total. The topological polar surface area (TPSA) is 0 Å². The number of hydrogen-bond donors (Lipinski definition) is 0. The van der Waals surface area contributed by atoms with Gasteiger partial charge in [-0.3, -0.25) is 0 Å². The second kappa shape index (κ2) is 15.5. The van der Waals surface area contributed by atoms with E-state index >= 15 is 0 Å². The second-order valence-corrected chi connectivity index (χ2v) is 21.9. The van der Waals surface area contributed by atoms with E-state index in [1.807, 2.05) is 0 Å². The number of rotatable bonds is 11. The molecule has 0 bridgehead atoms. The van der Waals surface area contributed by atoms with E-state index in [4.69, 9.17) is 0 Å². The zero-order chi connectivity index (χ0) is 26.0. The second-order valence-electron chi connectivity index (χ2n) is 14.1. The first kappa shape index (κ1) is 29.8. The van der Waals surface area contributed by atoms with E-state index in [2.05, 4.69) is 30.3 Å². The summed E-state index contributed by atoms with van der Waals surface area (Å²) >= 11 is 0. The van der Waals surface area contributed by atoms with Gasteiger partial charge in [-0.15, -0.1) is 15.8 Å². The van der Waals surface area contributed by atoms with Crippen molar-refractivity contribution in [3.05, 3.63) is 35.9 Å². The predicted molar refractivity (Wildman–Crippen MR) is 178 cm³/mol. The van der Waals surface area contributed by atoms with E-state index in [0.717, 1.165) is 22.6 Å².